The summed E-state index contributed by atoms with van der Waals surface area (Å²) in [6.45, 7) is 2.92. The lowest BCUT2D eigenvalue weighted by Crippen LogP contribution is -2.36. The highest BCUT2D eigenvalue weighted by Crippen LogP contribution is 2.21. The Morgan fingerprint density at radius 3 is 2.50 bits per heavy atom. The van der Waals surface area contributed by atoms with Gasteiger partial charge in [-0.25, -0.2) is 0 Å². The first-order valence-electron chi connectivity index (χ1n) is 7.45. The number of rotatable bonds is 7. The Balaban J connectivity index is 1.70. The highest BCUT2D eigenvalue weighted by molar-refractivity contribution is 6.31. The molecule has 0 bridgehead atoms. The Kier molecular flexibility index (Phi) is 6.44. The number of carbonyl (C=O) groups excluding carboxylic acids is 1. The lowest BCUT2D eigenvalue weighted by Gasteiger charge is -2.15. The monoisotopic (exact) mass is 316 g/mol. The molecule has 2 N–H and O–H groups in total. The van der Waals surface area contributed by atoms with Crippen LogP contribution in [0.3, 0.4) is 0 Å². The molecule has 0 aliphatic carbocycles. The highest BCUT2D eigenvalue weighted by Gasteiger charge is 2.10. The second-order valence-electron chi connectivity index (χ2n) is 5.21. The first-order valence-corrected chi connectivity index (χ1v) is 7.83. The fraction of sp³-hybridized carbons (Fsp3) is 0.278. The molecule has 0 heterocycles. The van der Waals surface area contributed by atoms with Crippen LogP contribution in [0.4, 0.5) is 0 Å². The summed E-state index contributed by atoms with van der Waals surface area (Å²) in [7, 11) is 0. The Labute approximate surface area is 136 Å². The number of nitrogens with one attached hydrogen (secondary N) is 2. The van der Waals surface area contributed by atoms with Crippen LogP contribution in [0.1, 0.15) is 24.1 Å². The van der Waals surface area contributed by atoms with Crippen molar-refractivity contribution in [3.05, 3.63) is 70.7 Å². The fourth-order valence-electron chi connectivity index (χ4n) is 2.24. The van der Waals surface area contributed by atoms with E-state index < -0.39 is 0 Å². The van der Waals surface area contributed by atoms with Crippen LogP contribution >= 0.6 is 11.6 Å². The van der Waals surface area contributed by atoms with Crippen LogP contribution in [-0.2, 0) is 11.2 Å². The Bertz CT molecular complexity index is 601. The van der Waals surface area contributed by atoms with Crippen molar-refractivity contribution in [1.82, 2.24) is 10.6 Å². The Hall–Kier alpha value is -1.84. The van der Waals surface area contributed by atoms with Crippen LogP contribution in [0.2, 0.25) is 5.02 Å². The lowest BCUT2D eigenvalue weighted by molar-refractivity contribution is -0.120. The summed E-state index contributed by atoms with van der Waals surface area (Å²) < 4.78 is 0. The second kappa shape index (κ2) is 8.57. The van der Waals surface area contributed by atoms with Gasteiger partial charge in [0.15, 0.2) is 0 Å². The molecular formula is C18H21ClN2O. The smallest absolute Gasteiger partial charge is 0.233 e. The zero-order valence-electron chi connectivity index (χ0n) is 12.7. The molecule has 0 aromatic heterocycles. The first kappa shape index (κ1) is 16.5. The average molecular weight is 317 g/mol. The standard InChI is InChI=1S/C18H21ClN2O/c1-14(16-9-5-6-10-17(16)19)21-13-18(22)20-12-11-15-7-3-2-4-8-15/h2-10,14,21H,11-13H2,1H3,(H,20,22)/t14-/m1/s1. The van der Waals surface area contributed by atoms with Crippen molar-refractivity contribution in [3.8, 4) is 0 Å². The minimum Gasteiger partial charge on any atom is -0.355 e. The Morgan fingerprint density at radius 2 is 1.77 bits per heavy atom. The summed E-state index contributed by atoms with van der Waals surface area (Å²) in [6, 6.07) is 17.8. The second-order valence-corrected chi connectivity index (χ2v) is 5.62. The van der Waals surface area contributed by atoms with Gasteiger partial charge in [-0.1, -0.05) is 60.1 Å². The number of hydrogen-bond donors (Lipinski definition) is 2. The van der Waals surface area contributed by atoms with Crippen molar-refractivity contribution in [2.24, 2.45) is 0 Å². The maximum absolute atomic E-state index is 11.8. The molecule has 0 radical (unpaired) electrons. The number of benzene rings is 2. The first-order chi connectivity index (χ1) is 10.7. The van der Waals surface area contributed by atoms with Crippen molar-refractivity contribution < 1.29 is 4.79 Å². The summed E-state index contributed by atoms with van der Waals surface area (Å²) in [6.07, 6.45) is 0.840. The van der Waals surface area contributed by atoms with Gasteiger partial charge in [0.05, 0.1) is 6.54 Å². The van der Waals surface area contributed by atoms with Gasteiger partial charge in [0.25, 0.3) is 0 Å². The molecular weight excluding hydrogens is 296 g/mol. The number of carbonyl (C=O) groups is 1. The van der Waals surface area contributed by atoms with Gasteiger partial charge in [0, 0.05) is 17.6 Å². The summed E-state index contributed by atoms with van der Waals surface area (Å²) in [4.78, 5) is 11.8. The molecule has 0 saturated carbocycles. The van der Waals surface area contributed by atoms with E-state index in [9.17, 15) is 4.79 Å². The van der Waals surface area contributed by atoms with Crippen LogP contribution in [-0.4, -0.2) is 19.0 Å². The van der Waals surface area contributed by atoms with Crippen LogP contribution in [0.15, 0.2) is 54.6 Å². The summed E-state index contributed by atoms with van der Waals surface area (Å²) >= 11 is 6.15. The van der Waals surface area contributed by atoms with Crippen LogP contribution in [0.25, 0.3) is 0 Å². The minimum atomic E-state index is -0.00478. The molecule has 0 spiro atoms. The fourth-order valence-corrected chi connectivity index (χ4v) is 2.53. The number of halogens is 1. The van der Waals surface area contributed by atoms with Crippen LogP contribution < -0.4 is 10.6 Å². The number of hydrogen-bond acceptors (Lipinski definition) is 2. The summed E-state index contributed by atoms with van der Waals surface area (Å²) in [5.74, 6) is -0.00478. The van der Waals surface area contributed by atoms with Crippen molar-refractivity contribution in [1.29, 1.82) is 0 Å². The molecule has 0 unspecified atom stereocenters. The maximum Gasteiger partial charge on any atom is 0.233 e. The molecule has 2 rings (SSSR count). The molecule has 0 aliphatic rings. The quantitative estimate of drug-likeness (QED) is 0.822. The summed E-state index contributed by atoms with van der Waals surface area (Å²) in [5.41, 5.74) is 2.22. The van der Waals surface area contributed by atoms with Gasteiger partial charge >= 0.3 is 0 Å². The van der Waals surface area contributed by atoms with Crippen molar-refractivity contribution in [2.45, 2.75) is 19.4 Å². The molecule has 22 heavy (non-hydrogen) atoms. The van der Waals surface area contributed by atoms with E-state index in [2.05, 4.69) is 22.8 Å². The van der Waals surface area contributed by atoms with E-state index in [-0.39, 0.29) is 18.5 Å². The predicted molar refractivity (Wildman–Crippen MR) is 91.0 cm³/mol. The molecule has 3 nitrogen and oxygen atoms in total. The number of amides is 1. The largest absolute Gasteiger partial charge is 0.355 e. The molecule has 0 aliphatic heterocycles. The molecule has 4 heteroatoms. The average Bonchev–Trinajstić information content (AvgIpc) is 2.54. The Morgan fingerprint density at radius 1 is 1.09 bits per heavy atom. The van der Waals surface area contributed by atoms with E-state index in [1.54, 1.807) is 0 Å². The molecule has 2 aromatic carbocycles. The van der Waals surface area contributed by atoms with Crippen molar-refractivity contribution in [2.75, 3.05) is 13.1 Å². The third-order valence-electron chi connectivity index (χ3n) is 3.52. The zero-order chi connectivity index (χ0) is 15.8. The predicted octanol–water partition coefficient (Wildman–Crippen LogP) is 3.35. The van der Waals surface area contributed by atoms with E-state index in [1.807, 2.05) is 49.4 Å². The van der Waals surface area contributed by atoms with Crippen LogP contribution in [0, 0.1) is 0 Å². The molecule has 116 valence electrons. The normalized spacial score (nSPS) is 11.9. The van der Waals surface area contributed by atoms with E-state index in [0.717, 1.165) is 12.0 Å². The molecule has 0 saturated heterocycles. The van der Waals surface area contributed by atoms with Crippen LogP contribution in [0.5, 0.6) is 0 Å². The third kappa shape index (κ3) is 5.17. The van der Waals surface area contributed by atoms with Crippen molar-refractivity contribution in [3.63, 3.8) is 0 Å². The van der Waals surface area contributed by atoms with Gasteiger partial charge in [-0.05, 0) is 30.5 Å². The molecule has 1 atom stereocenters. The zero-order valence-corrected chi connectivity index (χ0v) is 13.4. The van der Waals surface area contributed by atoms with E-state index >= 15 is 0 Å². The van der Waals surface area contributed by atoms with E-state index in [1.165, 1.54) is 5.56 Å². The minimum absolute atomic E-state index is 0.00478. The maximum atomic E-state index is 11.8. The lowest BCUT2D eigenvalue weighted by atomic mass is 10.1. The van der Waals surface area contributed by atoms with Gasteiger partial charge in [-0.3, -0.25) is 4.79 Å². The molecule has 1 amide bonds. The highest BCUT2D eigenvalue weighted by atomic mass is 35.5. The van der Waals surface area contributed by atoms with Gasteiger partial charge in [-0.15, -0.1) is 0 Å². The topological polar surface area (TPSA) is 41.1 Å². The summed E-state index contributed by atoms with van der Waals surface area (Å²) in [5, 5.41) is 6.82. The SMILES string of the molecule is C[C@@H](NCC(=O)NCCc1ccccc1)c1ccccc1Cl. The molecule has 0 fully saturated rings. The molecule has 2 aromatic rings. The van der Waals surface area contributed by atoms with Gasteiger partial charge in [0.2, 0.25) is 5.91 Å². The van der Waals surface area contributed by atoms with Gasteiger partial charge in [0.1, 0.15) is 0 Å². The van der Waals surface area contributed by atoms with E-state index in [4.69, 9.17) is 11.6 Å². The van der Waals surface area contributed by atoms with Gasteiger partial charge in [-0.2, -0.15) is 0 Å². The van der Waals surface area contributed by atoms with E-state index in [0.29, 0.717) is 11.6 Å². The van der Waals surface area contributed by atoms with Gasteiger partial charge < -0.3 is 10.6 Å². The third-order valence-corrected chi connectivity index (χ3v) is 3.86. The van der Waals surface area contributed by atoms with Crippen molar-refractivity contribution >= 4 is 17.5 Å².